The number of benzene rings is 1. The molecule has 19 heavy (non-hydrogen) atoms. The molecule has 0 aliphatic rings. The van der Waals surface area contributed by atoms with Crippen LogP contribution in [0.1, 0.15) is 27.2 Å². The second kappa shape index (κ2) is 6.62. The van der Waals surface area contributed by atoms with E-state index in [0.717, 1.165) is 18.8 Å². The van der Waals surface area contributed by atoms with Crippen molar-refractivity contribution in [3.63, 3.8) is 0 Å². The third-order valence-electron chi connectivity index (χ3n) is 3.53. The van der Waals surface area contributed by atoms with Crippen molar-refractivity contribution >= 4 is 10.9 Å². The van der Waals surface area contributed by atoms with Gasteiger partial charge in [0, 0.05) is 30.7 Å². The molecule has 0 amide bonds. The third-order valence-corrected chi connectivity index (χ3v) is 3.53. The molecule has 0 bridgehead atoms. The molecule has 1 heterocycles. The van der Waals surface area contributed by atoms with E-state index in [9.17, 15) is 0 Å². The summed E-state index contributed by atoms with van der Waals surface area (Å²) in [6.45, 7) is 9.14. The zero-order valence-electron chi connectivity index (χ0n) is 12.1. The van der Waals surface area contributed by atoms with Crippen molar-refractivity contribution in [3.05, 3.63) is 30.5 Å². The molecule has 3 nitrogen and oxygen atoms in total. The van der Waals surface area contributed by atoms with E-state index in [1.807, 2.05) is 13.0 Å². The van der Waals surface area contributed by atoms with Crippen molar-refractivity contribution in [2.24, 2.45) is 0 Å². The first-order chi connectivity index (χ1) is 9.26. The smallest absolute Gasteiger partial charge is 0.128 e. The van der Waals surface area contributed by atoms with Crippen LogP contribution in [-0.2, 0) is 6.54 Å². The number of fused-ring (bicyclic) bond motifs is 1. The van der Waals surface area contributed by atoms with Gasteiger partial charge in [-0.3, -0.25) is 0 Å². The van der Waals surface area contributed by atoms with E-state index in [-0.39, 0.29) is 0 Å². The molecule has 104 valence electrons. The summed E-state index contributed by atoms with van der Waals surface area (Å²) in [5.41, 5.74) is 1.25. The topological polar surface area (TPSA) is 26.2 Å². The van der Waals surface area contributed by atoms with Gasteiger partial charge >= 0.3 is 0 Å². The van der Waals surface area contributed by atoms with Crippen molar-refractivity contribution in [1.29, 1.82) is 0 Å². The maximum Gasteiger partial charge on any atom is 0.128 e. The zero-order chi connectivity index (χ0) is 13.7. The zero-order valence-corrected chi connectivity index (χ0v) is 12.1. The molecule has 0 aliphatic heterocycles. The summed E-state index contributed by atoms with van der Waals surface area (Å²) in [5.74, 6) is 0.980. The van der Waals surface area contributed by atoms with Gasteiger partial charge in [0.25, 0.3) is 0 Å². The molecule has 0 saturated carbocycles. The molecule has 0 aliphatic carbocycles. The number of hydrogen-bond donors (Lipinski definition) is 1. The number of ether oxygens (including phenoxy) is 1. The highest BCUT2D eigenvalue weighted by atomic mass is 16.5. The van der Waals surface area contributed by atoms with E-state index in [2.05, 4.69) is 48.1 Å². The van der Waals surface area contributed by atoms with E-state index in [0.29, 0.717) is 12.6 Å². The van der Waals surface area contributed by atoms with Crippen LogP contribution in [0.15, 0.2) is 30.5 Å². The Morgan fingerprint density at radius 3 is 2.84 bits per heavy atom. The molecular weight excluding hydrogens is 236 g/mol. The normalized spacial score (nSPS) is 12.8. The van der Waals surface area contributed by atoms with Crippen LogP contribution in [0.2, 0.25) is 0 Å². The molecule has 0 saturated heterocycles. The molecule has 0 radical (unpaired) electrons. The van der Waals surface area contributed by atoms with Crippen molar-refractivity contribution < 1.29 is 4.74 Å². The molecule has 3 heteroatoms. The van der Waals surface area contributed by atoms with Crippen LogP contribution in [0.3, 0.4) is 0 Å². The molecule has 1 atom stereocenters. The number of aromatic nitrogens is 1. The first-order valence-corrected chi connectivity index (χ1v) is 7.20. The fraction of sp³-hybridized carbons (Fsp3) is 0.500. The molecule has 2 rings (SSSR count). The first-order valence-electron chi connectivity index (χ1n) is 7.20. The number of hydrogen-bond acceptors (Lipinski definition) is 2. The minimum atomic E-state index is 0.584. The maximum atomic E-state index is 5.66. The highest BCUT2D eigenvalue weighted by molar-refractivity contribution is 5.86. The predicted molar refractivity (Wildman–Crippen MR) is 80.9 cm³/mol. The van der Waals surface area contributed by atoms with E-state index >= 15 is 0 Å². The van der Waals surface area contributed by atoms with E-state index in [1.165, 1.54) is 17.3 Å². The molecular formula is C16H24N2O. The van der Waals surface area contributed by atoms with Crippen LogP contribution in [-0.4, -0.2) is 23.8 Å². The minimum absolute atomic E-state index is 0.584. The highest BCUT2D eigenvalue weighted by Gasteiger charge is 2.06. The van der Waals surface area contributed by atoms with E-state index < -0.39 is 0 Å². The van der Waals surface area contributed by atoms with Crippen molar-refractivity contribution in [2.75, 3.05) is 13.2 Å². The average molecular weight is 260 g/mol. The summed E-state index contributed by atoms with van der Waals surface area (Å²) in [7, 11) is 0. The van der Waals surface area contributed by atoms with Gasteiger partial charge in [-0.05, 0) is 38.5 Å². The SMILES string of the molecule is CCOc1cccc2c1ccn2CCNC(C)CC. The van der Waals surface area contributed by atoms with Crippen molar-refractivity contribution in [3.8, 4) is 5.75 Å². The van der Waals surface area contributed by atoms with Gasteiger partial charge < -0.3 is 14.6 Å². The van der Waals surface area contributed by atoms with Crippen LogP contribution < -0.4 is 10.1 Å². The molecule has 0 fully saturated rings. The van der Waals surface area contributed by atoms with Gasteiger partial charge in [-0.25, -0.2) is 0 Å². The summed E-state index contributed by atoms with van der Waals surface area (Å²) in [6.07, 6.45) is 3.31. The Hall–Kier alpha value is -1.48. The molecule has 2 aromatic rings. The molecule has 0 spiro atoms. The standard InChI is InChI=1S/C16H24N2O/c1-4-13(3)17-10-12-18-11-9-14-15(18)7-6-8-16(14)19-5-2/h6-9,11,13,17H,4-5,10,12H2,1-3H3. The second-order valence-electron chi connectivity index (χ2n) is 4.89. The second-order valence-corrected chi connectivity index (χ2v) is 4.89. The summed E-state index contributed by atoms with van der Waals surface area (Å²) in [4.78, 5) is 0. The quantitative estimate of drug-likeness (QED) is 0.825. The highest BCUT2D eigenvalue weighted by Crippen LogP contribution is 2.26. The fourth-order valence-electron chi connectivity index (χ4n) is 2.25. The Balaban J connectivity index is 2.10. The van der Waals surface area contributed by atoms with Gasteiger partial charge in [0.15, 0.2) is 0 Å². The van der Waals surface area contributed by atoms with E-state index in [1.54, 1.807) is 0 Å². The summed E-state index contributed by atoms with van der Waals surface area (Å²) >= 11 is 0. The molecule has 1 unspecified atom stereocenters. The van der Waals surface area contributed by atoms with Crippen molar-refractivity contribution in [2.45, 2.75) is 39.8 Å². The Morgan fingerprint density at radius 1 is 1.26 bits per heavy atom. The lowest BCUT2D eigenvalue weighted by Crippen LogP contribution is -2.28. The maximum absolute atomic E-state index is 5.66. The van der Waals surface area contributed by atoms with Gasteiger partial charge in [0.1, 0.15) is 5.75 Å². The number of nitrogens with one attached hydrogen (secondary N) is 1. The van der Waals surface area contributed by atoms with Crippen LogP contribution in [0.25, 0.3) is 10.9 Å². The molecule has 1 aromatic carbocycles. The van der Waals surface area contributed by atoms with Gasteiger partial charge in [-0.2, -0.15) is 0 Å². The summed E-state index contributed by atoms with van der Waals surface area (Å²) in [5, 5.41) is 4.72. The largest absolute Gasteiger partial charge is 0.493 e. The van der Waals surface area contributed by atoms with Crippen LogP contribution in [0, 0.1) is 0 Å². The lowest BCUT2D eigenvalue weighted by molar-refractivity contribution is 0.344. The Labute approximate surface area is 115 Å². The lowest BCUT2D eigenvalue weighted by atomic mass is 10.2. The van der Waals surface area contributed by atoms with Gasteiger partial charge in [0.2, 0.25) is 0 Å². The summed E-state index contributed by atoms with van der Waals surface area (Å²) < 4.78 is 7.95. The third kappa shape index (κ3) is 3.29. The lowest BCUT2D eigenvalue weighted by Gasteiger charge is -2.12. The minimum Gasteiger partial charge on any atom is -0.493 e. The fourth-order valence-corrected chi connectivity index (χ4v) is 2.25. The van der Waals surface area contributed by atoms with Crippen LogP contribution in [0.5, 0.6) is 5.75 Å². The number of nitrogens with zero attached hydrogens (tertiary/aromatic N) is 1. The van der Waals surface area contributed by atoms with Crippen molar-refractivity contribution in [1.82, 2.24) is 9.88 Å². The Kier molecular flexibility index (Phi) is 4.86. The average Bonchev–Trinajstić information content (AvgIpc) is 2.83. The van der Waals surface area contributed by atoms with Crippen LogP contribution in [0.4, 0.5) is 0 Å². The first kappa shape index (κ1) is 13.9. The van der Waals surface area contributed by atoms with Crippen LogP contribution >= 0.6 is 0 Å². The Bertz CT molecular complexity index is 518. The monoisotopic (exact) mass is 260 g/mol. The molecule has 1 aromatic heterocycles. The van der Waals surface area contributed by atoms with Gasteiger partial charge in [-0.1, -0.05) is 13.0 Å². The summed E-state index contributed by atoms with van der Waals surface area (Å²) in [6, 6.07) is 8.98. The number of rotatable bonds is 7. The van der Waals surface area contributed by atoms with Gasteiger partial charge in [-0.15, -0.1) is 0 Å². The molecule has 1 N–H and O–H groups in total. The van der Waals surface area contributed by atoms with E-state index in [4.69, 9.17) is 4.74 Å². The van der Waals surface area contributed by atoms with Gasteiger partial charge in [0.05, 0.1) is 12.1 Å². The predicted octanol–water partition coefficient (Wildman–Crippen LogP) is 3.43. The Morgan fingerprint density at radius 2 is 2.11 bits per heavy atom.